The van der Waals surface area contributed by atoms with Crippen LogP contribution >= 0.6 is 0 Å². The van der Waals surface area contributed by atoms with Crippen molar-refractivity contribution in [3.8, 4) is 0 Å². The lowest BCUT2D eigenvalue weighted by atomic mass is 10.1. The number of aliphatic hydroxyl groups is 1. The van der Waals surface area contributed by atoms with Crippen LogP contribution < -0.4 is 10.6 Å². The topological polar surface area (TPSA) is 75.0 Å². The van der Waals surface area contributed by atoms with Crippen LogP contribution in [0.5, 0.6) is 0 Å². The Hall–Kier alpha value is -2.18. The standard InChI is InChI=1S/C21H31N5O/c1-7-22-12-16-24-17-18(26(16)13-21(5,6)27)14-10-8-9-11-15(14)23-19(17)25-20(2,3)4/h8-11,22,27H,7,12-13H2,1-6H3,(H,23,25). The summed E-state index contributed by atoms with van der Waals surface area (Å²) in [6.07, 6.45) is 0. The monoisotopic (exact) mass is 369 g/mol. The number of aromatic nitrogens is 3. The normalized spacial score (nSPS) is 12.9. The van der Waals surface area contributed by atoms with E-state index in [-0.39, 0.29) is 5.54 Å². The molecule has 146 valence electrons. The van der Waals surface area contributed by atoms with Crippen molar-refractivity contribution in [2.24, 2.45) is 0 Å². The fourth-order valence-electron chi connectivity index (χ4n) is 3.25. The van der Waals surface area contributed by atoms with Crippen LogP contribution in [0.1, 0.15) is 47.4 Å². The Bertz CT molecular complexity index is 947. The van der Waals surface area contributed by atoms with Gasteiger partial charge in [0.2, 0.25) is 0 Å². The van der Waals surface area contributed by atoms with Crippen LogP contribution in [0.4, 0.5) is 5.82 Å². The number of rotatable bonds is 6. The molecule has 0 atom stereocenters. The van der Waals surface area contributed by atoms with E-state index in [0.29, 0.717) is 13.1 Å². The van der Waals surface area contributed by atoms with Crippen LogP contribution in [-0.4, -0.2) is 37.3 Å². The molecule has 6 nitrogen and oxygen atoms in total. The Morgan fingerprint density at radius 1 is 1.07 bits per heavy atom. The molecule has 2 aromatic heterocycles. The van der Waals surface area contributed by atoms with Gasteiger partial charge in [0.05, 0.1) is 29.7 Å². The Morgan fingerprint density at radius 2 is 1.78 bits per heavy atom. The van der Waals surface area contributed by atoms with Gasteiger partial charge < -0.3 is 20.3 Å². The summed E-state index contributed by atoms with van der Waals surface area (Å²) in [6.45, 7) is 14.0. The fraction of sp³-hybridized carbons (Fsp3) is 0.524. The molecule has 3 rings (SSSR count). The Kier molecular flexibility index (Phi) is 5.14. The number of nitrogens with one attached hydrogen (secondary N) is 2. The van der Waals surface area contributed by atoms with Gasteiger partial charge in [-0.25, -0.2) is 9.97 Å². The maximum Gasteiger partial charge on any atom is 0.155 e. The lowest BCUT2D eigenvalue weighted by Crippen LogP contribution is -2.28. The molecule has 2 heterocycles. The second-order valence-electron chi connectivity index (χ2n) is 8.76. The van der Waals surface area contributed by atoms with E-state index in [0.717, 1.165) is 40.1 Å². The SMILES string of the molecule is CCNCc1nc2c(NC(C)(C)C)nc3ccccc3c2n1CC(C)(C)O. The molecule has 0 aliphatic carbocycles. The van der Waals surface area contributed by atoms with Crippen molar-refractivity contribution >= 4 is 27.8 Å². The predicted molar refractivity (Wildman–Crippen MR) is 112 cm³/mol. The third-order valence-corrected chi connectivity index (χ3v) is 4.23. The number of hydrogen-bond acceptors (Lipinski definition) is 5. The lowest BCUT2D eigenvalue weighted by molar-refractivity contribution is 0.0618. The second-order valence-corrected chi connectivity index (χ2v) is 8.76. The van der Waals surface area contributed by atoms with Crippen LogP contribution in [-0.2, 0) is 13.1 Å². The average Bonchev–Trinajstić information content (AvgIpc) is 2.89. The van der Waals surface area contributed by atoms with Gasteiger partial charge in [0.25, 0.3) is 0 Å². The van der Waals surface area contributed by atoms with E-state index < -0.39 is 5.60 Å². The molecule has 0 aliphatic rings. The Labute approximate surface area is 161 Å². The van der Waals surface area contributed by atoms with Gasteiger partial charge in [0.15, 0.2) is 5.82 Å². The molecule has 0 saturated heterocycles. The minimum absolute atomic E-state index is 0.135. The van der Waals surface area contributed by atoms with Crippen LogP contribution in [0, 0.1) is 0 Å². The molecule has 0 amide bonds. The van der Waals surface area contributed by atoms with Crippen LogP contribution in [0.2, 0.25) is 0 Å². The molecule has 0 aliphatic heterocycles. The molecule has 0 fully saturated rings. The highest BCUT2D eigenvalue weighted by Crippen LogP contribution is 2.32. The summed E-state index contributed by atoms with van der Waals surface area (Å²) in [4.78, 5) is 9.78. The van der Waals surface area contributed by atoms with Gasteiger partial charge in [-0.15, -0.1) is 0 Å². The largest absolute Gasteiger partial charge is 0.389 e. The van der Waals surface area contributed by atoms with Gasteiger partial charge in [0.1, 0.15) is 11.3 Å². The molecular weight excluding hydrogens is 338 g/mol. The van der Waals surface area contributed by atoms with Gasteiger partial charge in [-0.3, -0.25) is 0 Å². The lowest BCUT2D eigenvalue weighted by Gasteiger charge is -2.23. The molecule has 0 radical (unpaired) electrons. The summed E-state index contributed by atoms with van der Waals surface area (Å²) in [7, 11) is 0. The van der Waals surface area contributed by atoms with Crippen molar-refractivity contribution in [3.63, 3.8) is 0 Å². The quantitative estimate of drug-likeness (QED) is 0.618. The van der Waals surface area contributed by atoms with E-state index in [9.17, 15) is 5.11 Å². The number of imidazole rings is 1. The third-order valence-electron chi connectivity index (χ3n) is 4.23. The number of para-hydroxylation sites is 1. The summed E-state index contributed by atoms with van der Waals surface area (Å²) in [5, 5.41) is 18.4. The Balaban J connectivity index is 2.34. The molecule has 0 bridgehead atoms. The summed E-state index contributed by atoms with van der Waals surface area (Å²) < 4.78 is 2.13. The molecule has 6 heteroatoms. The number of anilines is 1. The van der Waals surface area contributed by atoms with E-state index >= 15 is 0 Å². The third kappa shape index (κ3) is 4.39. The maximum atomic E-state index is 10.5. The van der Waals surface area contributed by atoms with Crippen molar-refractivity contribution in [3.05, 3.63) is 30.1 Å². The molecule has 27 heavy (non-hydrogen) atoms. The average molecular weight is 370 g/mol. The number of hydrogen-bond donors (Lipinski definition) is 3. The molecule has 0 spiro atoms. The van der Waals surface area contributed by atoms with Gasteiger partial charge in [-0.05, 0) is 47.2 Å². The summed E-state index contributed by atoms with van der Waals surface area (Å²) >= 11 is 0. The van der Waals surface area contributed by atoms with Crippen molar-refractivity contribution < 1.29 is 5.11 Å². The minimum atomic E-state index is -0.851. The van der Waals surface area contributed by atoms with Gasteiger partial charge >= 0.3 is 0 Å². The number of benzene rings is 1. The van der Waals surface area contributed by atoms with Crippen molar-refractivity contribution in [2.75, 3.05) is 11.9 Å². The predicted octanol–water partition coefficient (Wildman–Crippen LogP) is 3.68. The zero-order valence-corrected chi connectivity index (χ0v) is 17.2. The Morgan fingerprint density at radius 3 is 2.41 bits per heavy atom. The molecular formula is C21H31N5O. The van der Waals surface area contributed by atoms with E-state index in [1.165, 1.54) is 0 Å². The van der Waals surface area contributed by atoms with Gasteiger partial charge in [-0.1, -0.05) is 25.1 Å². The number of fused-ring (bicyclic) bond motifs is 3. The van der Waals surface area contributed by atoms with E-state index in [2.05, 4.69) is 49.0 Å². The summed E-state index contributed by atoms with van der Waals surface area (Å²) in [6, 6.07) is 8.11. The van der Waals surface area contributed by atoms with Crippen molar-refractivity contribution in [2.45, 2.75) is 65.8 Å². The first kappa shape index (κ1) is 19.6. The van der Waals surface area contributed by atoms with Gasteiger partial charge in [-0.2, -0.15) is 0 Å². The van der Waals surface area contributed by atoms with Crippen LogP contribution in [0.25, 0.3) is 21.9 Å². The number of pyridine rings is 1. The van der Waals surface area contributed by atoms with E-state index in [4.69, 9.17) is 9.97 Å². The first-order valence-corrected chi connectivity index (χ1v) is 9.58. The molecule has 3 aromatic rings. The first-order valence-electron chi connectivity index (χ1n) is 9.58. The molecule has 0 unspecified atom stereocenters. The molecule has 3 N–H and O–H groups in total. The van der Waals surface area contributed by atoms with E-state index in [1.54, 1.807) is 0 Å². The van der Waals surface area contributed by atoms with Crippen molar-refractivity contribution in [1.82, 2.24) is 19.9 Å². The zero-order chi connectivity index (χ0) is 19.8. The molecule has 1 aromatic carbocycles. The maximum absolute atomic E-state index is 10.5. The summed E-state index contributed by atoms with van der Waals surface area (Å²) in [5.74, 6) is 1.69. The summed E-state index contributed by atoms with van der Waals surface area (Å²) in [5.41, 5.74) is 1.80. The highest BCUT2D eigenvalue weighted by Gasteiger charge is 2.24. The second kappa shape index (κ2) is 7.09. The highest BCUT2D eigenvalue weighted by molar-refractivity contribution is 6.07. The fourth-order valence-corrected chi connectivity index (χ4v) is 3.25. The van der Waals surface area contributed by atoms with E-state index in [1.807, 2.05) is 32.0 Å². The minimum Gasteiger partial charge on any atom is -0.389 e. The smallest absolute Gasteiger partial charge is 0.155 e. The first-order chi connectivity index (χ1) is 12.6. The highest BCUT2D eigenvalue weighted by atomic mass is 16.3. The van der Waals surface area contributed by atoms with Crippen molar-refractivity contribution in [1.29, 1.82) is 0 Å². The van der Waals surface area contributed by atoms with Crippen LogP contribution in [0.15, 0.2) is 24.3 Å². The molecule has 0 saturated carbocycles. The number of nitrogens with zero attached hydrogens (tertiary/aromatic N) is 3. The van der Waals surface area contributed by atoms with Crippen LogP contribution in [0.3, 0.4) is 0 Å². The van der Waals surface area contributed by atoms with Gasteiger partial charge in [0, 0.05) is 10.9 Å². The zero-order valence-electron chi connectivity index (χ0n) is 17.2.